The van der Waals surface area contributed by atoms with Crippen LogP contribution >= 0.6 is 15.9 Å². The molecule has 1 saturated carbocycles. The van der Waals surface area contributed by atoms with E-state index in [0.29, 0.717) is 4.47 Å². The molecule has 2 unspecified atom stereocenters. The Morgan fingerprint density at radius 1 is 1.29 bits per heavy atom. The normalized spacial score (nSPS) is 26.6. The van der Waals surface area contributed by atoms with Crippen molar-refractivity contribution in [3.8, 4) is 0 Å². The minimum Gasteiger partial charge on any atom is -0.325 e. The van der Waals surface area contributed by atoms with Crippen LogP contribution < -0.4 is 5.73 Å². The third-order valence-electron chi connectivity index (χ3n) is 4.70. The minimum atomic E-state index is -0.505. The lowest BCUT2D eigenvalue weighted by molar-refractivity contribution is 0.345. The Kier molecular flexibility index (Phi) is 5.78. The standard InChI is InChI=1S/C17H24BrF2N/c1-2-4-12-5-3-9-17(21,10-8-12)11-13-15(19)7-6-14(18)16(13)20/h6-7,12H,2-5,8-11,21H2,1H3. The summed E-state index contributed by atoms with van der Waals surface area (Å²) in [5.74, 6) is -0.276. The molecule has 1 aromatic carbocycles. The Balaban J connectivity index is 2.13. The summed E-state index contributed by atoms with van der Waals surface area (Å²) in [4.78, 5) is 0. The molecule has 0 bridgehead atoms. The maximum absolute atomic E-state index is 14.1. The predicted molar refractivity (Wildman–Crippen MR) is 86.2 cm³/mol. The second-order valence-corrected chi connectivity index (χ2v) is 7.30. The van der Waals surface area contributed by atoms with Crippen LogP contribution in [0.4, 0.5) is 8.78 Å². The molecule has 4 heteroatoms. The van der Waals surface area contributed by atoms with Crippen molar-refractivity contribution in [2.45, 2.75) is 63.8 Å². The largest absolute Gasteiger partial charge is 0.325 e. The van der Waals surface area contributed by atoms with E-state index in [9.17, 15) is 8.78 Å². The lowest BCUT2D eigenvalue weighted by Crippen LogP contribution is -2.42. The van der Waals surface area contributed by atoms with E-state index in [4.69, 9.17) is 5.73 Å². The molecule has 1 aliphatic rings. The van der Waals surface area contributed by atoms with E-state index in [1.165, 1.54) is 31.4 Å². The van der Waals surface area contributed by atoms with Crippen LogP contribution in [-0.4, -0.2) is 5.54 Å². The maximum Gasteiger partial charge on any atom is 0.143 e. The van der Waals surface area contributed by atoms with Crippen molar-refractivity contribution >= 4 is 15.9 Å². The summed E-state index contributed by atoms with van der Waals surface area (Å²) in [5.41, 5.74) is 6.13. The molecule has 0 amide bonds. The van der Waals surface area contributed by atoms with Crippen LogP contribution in [0.2, 0.25) is 0 Å². The van der Waals surface area contributed by atoms with Gasteiger partial charge in [-0.1, -0.05) is 32.6 Å². The van der Waals surface area contributed by atoms with Crippen molar-refractivity contribution in [2.75, 3.05) is 0 Å². The van der Waals surface area contributed by atoms with E-state index in [1.54, 1.807) is 0 Å². The molecule has 0 spiro atoms. The molecular weight excluding hydrogens is 336 g/mol. The van der Waals surface area contributed by atoms with Gasteiger partial charge < -0.3 is 5.73 Å². The predicted octanol–water partition coefficient (Wildman–Crippen LogP) is 5.35. The summed E-state index contributed by atoms with van der Waals surface area (Å²) in [6.45, 7) is 2.20. The first-order valence-electron chi connectivity index (χ1n) is 7.86. The second kappa shape index (κ2) is 7.19. The zero-order valence-electron chi connectivity index (χ0n) is 12.6. The lowest BCUT2D eigenvalue weighted by Gasteiger charge is -2.29. The number of hydrogen-bond donors (Lipinski definition) is 1. The lowest BCUT2D eigenvalue weighted by atomic mass is 9.84. The van der Waals surface area contributed by atoms with Gasteiger partial charge in [0.2, 0.25) is 0 Å². The van der Waals surface area contributed by atoms with E-state index in [1.807, 2.05) is 0 Å². The molecule has 2 rings (SSSR count). The molecule has 0 heterocycles. The smallest absolute Gasteiger partial charge is 0.143 e. The third kappa shape index (κ3) is 4.26. The van der Waals surface area contributed by atoms with Gasteiger partial charge in [-0.05, 0) is 59.7 Å². The van der Waals surface area contributed by atoms with Gasteiger partial charge in [0.15, 0.2) is 0 Å². The molecule has 21 heavy (non-hydrogen) atoms. The van der Waals surface area contributed by atoms with Crippen molar-refractivity contribution in [2.24, 2.45) is 11.7 Å². The highest BCUT2D eigenvalue weighted by molar-refractivity contribution is 9.10. The molecule has 0 aromatic heterocycles. The summed E-state index contributed by atoms with van der Waals surface area (Å²) < 4.78 is 28.4. The van der Waals surface area contributed by atoms with Crippen molar-refractivity contribution in [3.05, 3.63) is 33.8 Å². The van der Waals surface area contributed by atoms with Crippen molar-refractivity contribution in [3.63, 3.8) is 0 Å². The molecule has 1 aliphatic carbocycles. The average molecular weight is 360 g/mol. The summed E-state index contributed by atoms with van der Waals surface area (Å²) in [6, 6.07) is 2.71. The van der Waals surface area contributed by atoms with Crippen LogP contribution in [0.3, 0.4) is 0 Å². The first-order chi connectivity index (χ1) is 9.95. The van der Waals surface area contributed by atoms with E-state index < -0.39 is 17.2 Å². The summed E-state index contributed by atoms with van der Waals surface area (Å²) >= 11 is 3.13. The fourth-order valence-electron chi connectivity index (χ4n) is 3.46. The highest BCUT2D eigenvalue weighted by atomic mass is 79.9. The van der Waals surface area contributed by atoms with Crippen LogP contribution in [0.25, 0.3) is 0 Å². The van der Waals surface area contributed by atoms with Crippen molar-refractivity contribution in [1.82, 2.24) is 0 Å². The van der Waals surface area contributed by atoms with Crippen LogP contribution in [0.1, 0.15) is 57.4 Å². The molecular formula is C17H24BrF2N. The Morgan fingerprint density at radius 3 is 2.76 bits per heavy atom. The zero-order valence-corrected chi connectivity index (χ0v) is 14.2. The maximum atomic E-state index is 14.1. The second-order valence-electron chi connectivity index (χ2n) is 6.45. The van der Waals surface area contributed by atoms with E-state index in [-0.39, 0.29) is 12.0 Å². The van der Waals surface area contributed by atoms with Gasteiger partial charge in [0.1, 0.15) is 11.6 Å². The number of halogens is 3. The summed E-state index contributed by atoms with van der Waals surface area (Å²) in [5, 5.41) is 0. The van der Waals surface area contributed by atoms with Gasteiger partial charge in [-0.3, -0.25) is 0 Å². The van der Waals surface area contributed by atoms with Gasteiger partial charge in [0.25, 0.3) is 0 Å². The summed E-state index contributed by atoms with van der Waals surface area (Å²) in [7, 11) is 0. The molecule has 118 valence electrons. The monoisotopic (exact) mass is 359 g/mol. The Bertz CT molecular complexity index is 492. The average Bonchev–Trinajstić information content (AvgIpc) is 2.63. The molecule has 0 saturated heterocycles. The Hall–Kier alpha value is -0.480. The molecule has 2 N–H and O–H groups in total. The summed E-state index contributed by atoms with van der Waals surface area (Å²) in [6.07, 6.45) is 7.72. The first-order valence-corrected chi connectivity index (χ1v) is 8.66. The van der Waals surface area contributed by atoms with Gasteiger partial charge in [-0.2, -0.15) is 0 Å². The molecule has 0 radical (unpaired) electrons. The fraction of sp³-hybridized carbons (Fsp3) is 0.647. The van der Waals surface area contributed by atoms with Crippen LogP contribution in [0, 0.1) is 17.6 Å². The molecule has 2 atom stereocenters. The van der Waals surface area contributed by atoms with Crippen LogP contribution in [0.15, 0.2) is 16.6 Å². The molecule has 1 nitrogen and oxygen atoms in total. The SMILES string of the molecule is CCCC1CCCC(N)(Cc2c(F)ccc(Br)c2F)CC1. The number of hydrogen-bond acceptors (Lipinski definition) is 1. The van der Waals surface area contributed by atoms with Gasteiger partial charge >= 0.3 is 0 Å². The third-order valence-corrected chi connectivity index (χ3v) is 5.31. The van der Waals surface area contributed by atoms with Gasteiger partial charge in [-0.25, -0.2) is 8.78 Å². The Morgan fingerprint density at radius 2 is 2.05 bits per heavy atom. The quantitative estimate of drug-likeness (QED) is 0.569. The number of rotatable bonds is 4. The number of benzene rings is 1. The zero-order chi connectivity index (χ0) is 15.5. The highest BCUT2D eigenvalue weighted by Gasteiger charge is 2.31. The Labute approximate surface area is 134 Å². The fourth-order valence-corrected chi connectivity index (χ4v) is 3.83. The van der Waals surface area contributed by atoms with E-state index in [2.05, 4.69) is 22.9 Å². The van der Waals surface area contributed by atoms with Gasteiger partial charge in [-0.15, -0.1) is 0 Å². The van der Waals surface area contributed by atoms with E-state index in [0.717, 1.165) is 31.6 Å². The minimum absolute atomic E-state index is 0.126. The molecule has 1 aromatic rings. The van der Waals surface area contributed by atoms with Crippen molar-refractivity contribution < 1.29 is 8.78 Å². The van der Waals surface area contributed by atoms with Crippen LogP contribution in [0.5, 0.6) is 0 Å². The van der Waals surface area contributed by atoms with Gasteiger partial charge in [0.05, 0.1) is 4.47 Å². The van der Waals surface area contributed by atoms with E-state index >= 15 is 0 Å². The number of nitrogens with two attached hydrogens (primary N) is 1. The highest BCUT2D eigenvalue weighted by Crippen LogP contribution is 2.35. The first kappa shape index (κ1) is 16.9. The molecule has 0 aliphatic heterocycles. The van der Waals surface area contributed by atoms with Crippen LogP contribution in [-0.2, 0) is 6.42 Å². The molecule has 1 fully saturated rings. The topological polar surface area (TPSA) is 26.0 Å². The van der Waals surface area contributed by atoms with Crippen molar-refractivity contribution in [1.29, 1.82) is 0 Å². The van der Waals surface area contributed by atoms with Gasteiger partial charge in [0, 0.05) is 11.1 Å².